The summed E-state index contributed by atoms with van der Waals surface area (Å²) in [6, 6.07) is 0.708. The highest BCUT2D eigenvalue weighted by Crippen LogP contribution is 2.29. The summed E-state index contributed by atoms with van der Waals surface area (Å²) in [4.78, 5) is 0. The summed E-state index contributed by atoms with van der Waals surface area (Å²) in [7, 11) is 0. The lowest BCUT2D eigenvalue weighted by Gasteiger charge is -2.45. The van der Waals surface area contributed by atoms with E-state index < -0.39 is 0 Å². The Kier molecular flexibility index (Phi) is 8.26. The van der Waals surface area contributed by atoms with Gasteiger partial charge in [-0.1, -0.05) is 13.8 Å². The Morgan fingerprint density at radius 3 is 2.56 bits per heavy atom. The van der Waals surface area contributed by atoms with E-state index >= 15 is 0 Å². The van der Waals surface area contributed by atoms with Crippen LogP contribution in [0, 0.1) is 12.3 Å². The maximum Gasteiger partial charge on any atom is 0.0422 e. The van der Waals surface area contributed by atoms with Crippen LogP contribution in [-0.4, -0.2) is 34.4 Å². The van der Waals surface area contributed by atoms with Crippen LogP contribution in [0.1, 0.15) is 60.3 Å². The average molecular weight is 254 g/mol. The molecule has 2 N–H and O–H groups in total. The summed E-state index contributed by atoms with van der Waals surface area (Å²) in [5.74, 6) is 2.65. The highest BCUT2D eigenvalue weighted by molar-refractivity contribution is 4.92. The van der Waals surface area contributed by atoms with E-state index in [2.05, 4.69) is 32.0 Å². The zero-order chi connectivity index (χ0) is 14.2. The molecule has 1 rings (SSSR count). The highest BCUT2D eigenvalue weighted by atomic mass is 16.5. The Balaban J connectivity index is 0.00000137. The molecule has 3 heteroatoms. The van der Waals surface area contributed by atoms with Gasteiger partial charge in [-0.25, -0.2) is 0 Å². The predicted octanol–water partition coefficient (Wildman–Crippen LogP) is 3.04. The number of nitrogens with one attached hydrogen (secondary N) is 1. The largest absolute Gasteiger partial charge is 0.314 e. The SMILES string of the molecule is C#CCCCNC1CC(C)N(O)C(C)(C)C1.CC. The van der Waals surface area contributed by atoms with Crippen LogP contribution in [0.25, 0.3) is 0 Å². The highest BCUT2D eigenvalue weighted by Gasteiger charge is 2.37. The van der Waals surface area contributed by atoms with Crippen molar-refractivity contribution in [1.82, 2.24) is 10.4 Å². The fourth-order valence-electron chi connectivity index (χ4n) is 2.54. The van der Waals surface area contributed by atoms with Gasteiger partial charge >= 0.3 is 0 Å². The zero-order valence-corrected chi connectivity index (χ0v) is 12.7. The van der Waals surface area contributed by atoms with Crippen molar-refractivity contribution in [3.05, 3.63) is 0 Å². The molecule has 0 amide bonds. The van der Waals surface area contributed by atoms with Gasteiger partial charge in [-0.15, -0.1) is 12.3 Å². The molecule has 1 heterocycles. The maximum absolute atomic E-state index is 9.91. The van der Waals surface area contributed by atoms with Crippen LogP contribution < -0.4 is 5.32 Å². The van der Waals surface area contributed by atoms with Crippen molar-refractivity contribution in [3.63, 3.8) is 0 Å². The van der Waals surface area contributed by atoms with Gasteiger partial charge in [0, 0.05) is 24.0 Å². The molecule has 1 saturated heterocycles. The molecule has 18 heavy (non-hydrogen) atoms. The fraction of sp³-hybridized carbons (Fsp3) is 0.867. The lowest BCUT2D eigenvalue weighted by molar-refractivity contribution is -0.210. The molecule has 2 unspecified atom stereocenters. The van der Waals surface area contributed by atoms with Crippen LogP contribution in [0.3, 0.4) is 0 Å². The molecule has 2 atom stereocenters. The van der Waals surface area contributed by atoms with Gasteiger partial charge in [0.2, 0.25) is 0 Å². The van der Waals surface area contributed by atoms with Crippen LogP contribution in [-0.2, 0) is 0 Å². The fourth-order valence-corrected chi connectivity index (χ4v) is 2.54. The number of terminal acetylenes is 1. The van der Waals surface area contributed by atoms with Crippen molar-refractivity contribution < 1.29 is 5.21 Å². The molecule has 1 fully saturated rings. The van der Waals surface area contributed by atoms with Crippen molar-refractivity contribution in [3.8, 4) is 12.3 Å². The van der Waals surface area contributed by atoms with E-state index in [4.69, 9.17) is 6.42 Å². The van der Waals surface area contributed by atoms with E-state index in [0.29, 0.717) is 6.04 Å². The first-order valence-electron chi connectivity index (χ1n) is 7.12. The molecule has 1 aliphatic heterocycles. The maximum atomic E-state index is 9.91. The Morgan fingerprint density at radius 2 is 2.06 bits per heavy atom. The first-order valence-corrected chi connectivity index (χ1v) is 7.12. The lowest BCUT2D eigenvalue weighted by atomic mass is 9.85. The standard InChI is InChI=1S/C13H24N2O.C2H6/c1-5-6-7-8-14-12-9-11(2)15(16)13(3,4)10-12;1-2/h1,11-12,14,16H,6-10H2,2-4H3;1-2H3. The topological polar surface area (TPSA) is 35.5 Å². The molecule has 0 spiro atoms. The van der Waals surface area contributed by atoms with E-state index in [1.54, 1.807) is 0 Å². The van der Waals surface area contributed by atoms with E-state index in [1.807, 2.05) is 13.8 Å². The van der Waals surface area contributed by atoms with E-state index in [-0.39, 0.29) is 11.6 Å². The lowest BCUT2D eigenvalue weighted by Crippen LogP contribution is -2.57. The van der Waals surface area contributed by atoms with E-state index in [0.717, 1.165) is 32.2 Å². The van der Waals surface area contributed by atoms with Gasteiger partial charge in [0.15, 0.2) is 0 Å². The van der Waals surface area contributed by atoms with Crippen LogP contribution >= 0.6 is 0 Å². The molecule has 0 bridgehead atoms. The number of nitrogens with zero attached hydrogens (tertiary/aromatic N) is 1. The first-order chi connectivity index (χ1) is 8.47. The van der Waals surface area contributed by atoms with Crippen LogP contribution in [0.5, 0.6) is 0 Å². The number of hydroxylamine groups is 2. The normalized spacial score (nSPS) is 26.9. The summed E-state index contributed by atoms with van der Waals surface area (Å²) in [6.07, 6.45) is 9.06. The molecule has 0 saturated carbocycles. The molecule has 0 aromatic carbocycles. The average Bonchev–Trinajstić information content (AvgIpc) is 2.34. The monoisotopic (exact) mass is 254 g/mol. The van der Waals surface area contributed by atoms with Gasteiger partial charge in [-0.05, 0) is 46.6 Å². The van der Waals surface area contributed by atoms with Gasteiger partial charge in [0.1, 0.15) is 0 Å². The minimum Gasteiger partial charge on any atom is -0.314 e. The second-order valence-electron chi connectivity index (χ2n) is 5.40. The minimum absolute atomic E-state index is 0.137. The molecule has 0 aliphatic carbocycles. The zero-order valence-electron chi connectivity index (χ0n) is 12.7. The second kappa shape index (κ2) is 8.53. The molecule has 0 aromatic heterocycles. The summed E-state index contributed by atoms with van der Waals surface area (Å²) in [6.45, 7) is 11.2. The molecular formula is C15H30N2O. The van der Waals surface area contributed by atoms with Crippen molar-refractivity contribution in [1.29, 1.82) is 0 Å². The summed E-state index contributed by atoms with van der Waals surface area (Å²) < 4.78 is 0. The molecule has 106 valence electrons. The van der Waals surface area contributed by atoms with Crippen LogP contribution in [0.4, 0.5) is 0 Å². The van der Waals surface area contributed by atoms with E-state index in [1.165, 1.54) is 5.06 Å². The van der Waals surface area contributed by atoms with Gasteiger partial charge in [0.25, 0.3) is 0 Å². The minimum atomic E-state index is -0.137. The Labute approximate surface area is 113 Å². The number of piperidine rings is 1. The molecule has 0 aromatic rings. The molecule has 3 nitrogen and oxygen atoms in total. The van der Waals surface area contributed by atoms with Gasteiger partial charge in [-0.3, -0.25) is 0 Å². The molecular weight excluding hydrogens is 224 g/mol. The van der Waals surface area contributed by atoms with E-state index in [9.17, 15) is 5.21 Å². The summed E-state index contributed by atoms with van der Waals surface area (Å²) in [5.41, 5.74) is -0.137. The smallest absolute Gasteiger partial charge is 0.0422 e. The third-order valence-corrected chi connectivity index (χ3v) is 3.34. The number of hydrogen-bond donors (Lipinski definition) is 2. The Bertz CT molecular complexity index is 258. The van der Waals surface area contributed by atoms with Crippen molar-refractivity contribution in [2.75, 3.05) is 6.54 Å². The number of unbranched alkanes of at least 4 members (excludes halogenated alkanes) is 1. The summed E-state index contributed by atoms with van der Waals surface area (Å²) in [5, 5.41) is 14.9. The van der Waals surface area contributed by atoms with Gasteiger partial charge in [-0.2, -0.15) is 5.06 Å². The Morgan fingerprint density at radius 1 is 1.44 bits per heavy atom. The third-order valence-electron chi connectivity index (χ3n) is 3.34. The quantitative estimate of drug-likeness (QED) is 0.598. The molecule has 0 radical (unpaired) electrons. The van der Waals surface area contributed by atoms with Crippen molar-refractivity contribution in [2.24, 2.45) is 0 Å². The number of hydrogen-bond acceptors (Lipinski definition) is 3. The molecule has 1 aliphatic rings. The number of rotatable bonds is 4. The third kappa shape index (κ3) is 5.39. The van der Waals surface area contributed by atoms with Gasteiger partial charge < -0.3 is 10.5 Å². The van der Waals surface area contributed by atoms with Crippen LogP contribution in [0.15, 0.2) is 0 Å². The van der Waals surface area contributed by atoms with Gasteiger partial charge in [0.05, 0.1) is 0 Å². The summed E-state index contributed by atoms with van der Waals surface area (Å²) >= 11 is 0. The first kappa shape index (κ1) is 17.4. The van der Waals surface area contributed by atoms with Crippen molar-refractivity contribution in [2.45, 2.75) is 77.9 Å². The van der Waals surface area contributed by atoms with Crippen LogP contribution in [0.2, 0.25) is 0 Å². The van der Waals surface area contributed by atoms with Crippen molar-refractivity contribution >= 4 is 0 Å². The predicted molar refractivity (Wildman–Crippen MR) is 77.6 cm³/mol. The Hall–Kier alpha value is -0.560. The second-order valence-corrected chi connectivity index (χ2v) is 5.40.